The molecular weight excluding hydrogens is 516 g/mol. The van der Waals surface area contributed by atoms with Gasteiger partial charge in [0.2, 0.25) is 5.91 Å². The van der Waals surface area contributed by atoms with Crippen LogP contribution in [-0.2, 0) is 4.79 Å². The minimum absolute atomic E-state index is 0.0996. The van der Waals surface area contributed by atoms with Crippen molar-refractivity contribution in [3.8, 4) is 23.1 Å². The number of benzene rings is 1. The van der Waals surface area contributed by atoms with Gasteiger partial charge in [0.05, 0.1) is 18.8 Å². The number of amides is 1. The van der Waals surface area contributed by atoms with Crippen LogP contribution in [0.4, 0.5) is 5.82 Å². The number of ether oxygens (including phenoxy) is 1. The Kier molecular flexibility index (Phi) is 8.06. The van der Waals surface area contributed by atoms with Crippen molar-refractivity contribution in [3.63, 3.8) is 0 Å². The topological polar surface area (TPSA) is 112 Å². The molecule has 214 valence electrons. The molecule has 0 radical (unpaired) electrons. The number of pyridine rings is 1. The summed E-state index contributed by atoms with van der Waals surface area (Å²) in [6.45, 7) is 0.624. The van der Waals surface area contributed by atoms with Crippen LogP contribution in [0.1, 0.15) is 93.1 Å². The second-order valence-electron chi connectivity index (χ2n) is 12.0. The van der Waals surface area contributed by atoms with E-state index < -0.39 is 0 Å². The van der Waals surface area contributed by atoms with Gasteiger partial charge in [0, 0.05) is 30.1 Å². The number of oxazole rings is 1. The van der Waals surface area contributed by atoms with Crippen molar-refractivity contribution in [2.75, 3.05) is 18.6 Å². The monoisotopic (exact) mass is 554 g/mol. The number of hydrogen-bond acceptors (Lipinski definition) is 7. The van der Waals surface area contributed by atoms with Crippen molar-refractivity contribution in [2.45, 2.75) is 82.1 Å². The summed E-state index contributed by atoms with van der Waals surface area (Å²) in [7, 11) is 1.59. The summed E-state index contributed by atoms with van der Waals surface area (Å²) >= 11 is 0. The maximum atomic E-state index is 14.0. The third kappa shape index (κ3) is 6.15. The van der Waals surface area contributed by atoms with Crippen molar-refractivity contribution < 1.29 is 19.1 Å². The minimum Gasteiger partial charge on any atom is -0.495 e. The van der Waals surface area contributed by atoms with E-state index in [4.69, 9.17) is 14.1 Å². The van der Waals surface area contributed by atoms with Crippen molar-refractivity contribution in [1.82, 2.24) is 9.97 Å². The van der Waals surface area contributed by atoms with E-state index >= 15 is 0 Å². The van der Waals surface area contributed by atoms with Gasteiger partial charge in [-0.05, 0) is 106 Å². The first-order valence-electron chi connectivity index (χ1n) is 15.0. The summed E-state index contributed by atoms with van der Waals surface area (Å²) in [5.41, 5.74) is 3.44. The number of aliphatic hydroxyl groups is 1. The number of rotatable bonds is 8. The fourth-order valence-electron chi connectivity index (χ4n) is 6.51. The summed E-state index contributed by atoms with van der Waals surface area (Å²) in [5, 5.41) is 19.6. The number of carbonyl (C=O) groups is 1. The Bertz CT molecular complexity index is 1410. The van der Waals surface area contributed by atoms with Gasteiger partial charge in [-0.15, -0.1) is 0 Å². The summed E-state index contributed by atoms with van der Waals surface area (Å²) < 4.78 is 11.1. The van der Waals surface area contributed by atoms with E-state index in [2.05, 4.69) is 17.1 Å². The lowest BCUT2D eigenvalue weighted by atomic mass is 9.78. The number of nitrogens with zero attached hydrogens (tertiary/aromatic N) is 4. The normalized spacial score (nSPS) is 24.4. The van der Waals surface area contributed by atoms with Crippen LogP contribution < -0.4 is 9.64 Å². The smallest absolute Gasteiger partial charge is 0.231 e. The molecule has 0 spiro atoms. The highest BCUT2D eigenvalue weighted by Crippen LogP contribution is 2.41. The lowest BCUT2D eigenvalue weighted by molar-refractivity contribution is -0.124. The molecule has 0 saturated heterocycles. The molecule has 8 heteroatoms. The largest absolute Gasteiger partial charge is 0.495 e. The fourth-order valence-corrected chi connectivity index (χ4v) is 6.51. The predicted molar refractivity (Wildman–Crippen MR) is 154 cm³/mol. The second kappa shape index (κ2) is 12.0. The minimum atomic E-state index is -0.309. The predicted octanol–water partition coefficient (Wildman–Crippen LogP) is 6.35. The maximum absolute atomic E-state index is 14.0. The molecule has 1 amide bonds. The Morgan fingerprint density at radius 1 is 1.05 bits per heavy atom. The summed E-state index contributed by atoms with van der Waals surface area (Å²) in [5.74, 6) is 3.25. The molecule has 3 aromatic rings. The average Bonchev–Trinajstić information content (AvgIpc) is 3.75. The van der Waals surface area contributed by atoms with E-state index in [9.17, 15) is 15.2 Å². The molecule has 0 bridgehead atoms. The van der Waals surface area contributed by atoms with Crippen molar-refractivity contribution in [1.29, 1.82) is 5.26 Å². The molecule has 0 atom stereocenters. The third-order valence-corrected chi connectivity index (χ3v) is 9.18. The van der Waals surface area contributed by atoms with Gasteiger partial charge in [0.15, 0.2) is 5.89 Å². The van der Waals surface area contributed by atoms with Gasteiger partial charge in [0.1, 0.15) is 29.6 Å². The van der Waals surface area contributed by atoms with Crippen molar-refractivity contribution in [3.05, 3.63) is 59.8 Å². The Morgan fingerprint density at radius 2 is 1.80 bits per heavy atom. The standard InChI is InChI=1S/C33H38N4O4/c1-40-30-13-10-25(16-27(30)18-34)22-4-2-21(3-5-22)19-37(33(39)24-8-11-28(38)12-9-24)31-17-26(14-15-35-31)29-20-41-32(36-29)23-6-7-23/h10,13-17,20-24,28,38H,2-9,11-12,19H2,1H3. The van der Waals surface area contributed by atoms with Gasteiger partial charge in [-0.3, -0.25) is 9.69 Å². The Morgan fingerprint density at radius 3 is 2.51 bits per heavy atom. The highest BCUT2D eigenvalue weighted by Gasteiger charge is 2.33. The molecule has 1 N–H and O–H groups in total. The number of hydrogen-bond donors (Lipinski definition) is 1. The number of methoxy groups -OCH3 is 1. The molecule has 0 unspecified atom stereocenters. The van der Waals surface area contributed by atoms with Crippen LogP contribution in [0.3, 0.4) is 0 Å². The van der Waals surface area contributed by atoms with E-state index in [0.717, 1.165) is 55.7 Å². The third-order valence-electron chi connectivity index (χ3n) is 9.18. The highest BCUT2D eigenvalue weighted by molar-refractivity contribution is 5.94. The number of nitriles is 1. The van der Waals surface area contributed by atoms with E-state index in [-0.39, 0.29) is 17.9 Å². The summed E-state index contributed by atoms with van der Waals surface area (Å²) in [4.78, 5) is 25.3. The van der Waals surface area contributed by atoms with Gasteiger partial charge in [-0.2, -0.15) is 5.26 Å². The first kappa shape index (κ1) is 27.5. The molecule has 3 fully saturated rings. The summed E-state index contributed by atoms with van der Waals surface area (Å²) in [6.07, 6.45) is 12.2. The van der Waals surface area contributed by atoms with Gasteiger partial charge in [0.25, 0.3) is 0 Å². The lowest BCUT2D eigenvalue weighted by Gasteiger charge is -2.35. The van der Waals surface area contributed by atoms with Crippen LogP contribution >= 0.6 is 0 Å². The second-order valence-corrected chi connectivity index (χ2v) is 12.0. The van der Waals surface area contributed by atoms with Gasteiger partial charge in [-0.1, -0.05) is 6.07 Å². The van der Waals surface area contributed by atoms with Gasteiger partial charge < -0.3 is 14.3 Å². The zero-order valence-electron chi connectivity index (χ0n) is 23.7. The Labute approximate surface area is 241 Å². The number of carbonyl (C=O) groups excluding carboxylic acids is 1. The van der Waals surface area contributed by atoms with Crippen LogP contribution in [0.15, 0.2) is 47.2 Å². The van der Waals surface area contributed by atoms with Crippen LogP contribution in [0.25, 0.3) is 11.3 Å². The molecule has 3 saturated carbocycles. The lowest BCUT2D eigenvalue weighted by Crippen LogP contribution is -2.42. The van der Waals surface area contributed by atoms with Gasteiger partial charge in [-0.25, -0.2) is 9.97 Å². The summed E-state index contributed by atoms with van der Waals surface area (Å²) in [6, 6.07) is 12.1. The van der Waals surface area contributed by atoms with E-state index in [1.165, 1.54) is 5.56 Å². The molecule has 0 aliphatic heterocycles. The van der Waals surface area contributed by atoms with Crippen LogP contribution in [0.5, 0.6) is 5.75 Å². The molecule has 2 heterocycles. The van der Waals surface area contributed by atoms with Crippen LogP contribution in [0, 0.1) is 23.2 Å². The number of aliphatic hydroxyl groups excluding tert-OH is 1. The molecule has 2 aromatic heterocycles. The molecule has 41 heavy (non-hydrogen) atoms. The number of aromatic nitrogens is 2. The van der Waals surface area contributed by atoms with E-state index in [1.54, 1.807) is 19.6 Å². The Hall–Kier alpha value is -3.70. The first-order valence-corrected chi connectivity index (χ1v) is 15.0. The van der Waals surface area contributed by atoms with Crippen molar-refractivity contribution in [2.24, 2.45) is 11.8 Å². The van der Waals surface area contributed by atoms with E-state index in [0.29, 0.717) is 67.1 Å². The van der Waals surface area contributed by atoms with E-state index in [1.807, 2.05) is 29.2 Å². The quantitative estimate of drug-likeness (QED) is 0.345. The van der Waals surface area contributed by atoms with Crippen LogP contribution in [0.2, 0.25) is 0 Å². The molecule has 3 aliphatic carbocycles. The Balaban J connectivity index is 1.19. The zero-order valence-corrected chi connectivity index (χ0v) is 23.7. The molecular formula is C33H38N4O4. The number of anilines is 1. The SMILES string of the molecule is COc1ccc(C2CCC(CN(C(=O)C3CCC(O)CC3)c3cc(-c4coc(C5CC5)n4)ccn3)CC2)cc1C#N. The first-order chi connectivity index (χ1) is 20.0. The average molecular weight is 555 g/mol. The highest BCUT2D eigenvalue weighted by atomic mass is 16.5. The van der Waals surface area contributed by atoms with Gasteiger partial charge >= 0.3 is 0 Å². The molecule has 1 aromatic carbocycles. The fraction of sp³-hybridized carbons (Fsp3) is 0.515. The van der Waals surface area contributed by atoms with Crippen molar-refractivity contribution >= 4 is 11.7 Å². The molecule has 8 nitrogen and oxygen atoms in total. The molecule has 6 rings (SSSR count). The molecule has 3 aliphatic rings. The zero-order chi connectivity index (χ0) is 28.3. The van der Waals surface area contributed by atoms with Crippen LogP contribution in [-0.4, -0.2) is 40.7 Å². The maximum Gasteiger partial charge on any atom is 0.231 e.